The normalized spacial score (nSPS) is 23.2. The molecule has 1 aliphatic carbocycles. The van der Waals surface area contributed by atoms with E-state index in [2.05, 4.69) is 19.2 Å². The van der Waals surface area contributed by atoms with Crippen molar-refractivity contribution in [2.24, 2.45) is 11.8 Å². The Morgan fingerprint density at radius 3 is 2.80 bits per heavy atom. The second kappa shape index (κ2) is 7.16. The van der Waals surface area contributed by atoms with Crippen molar-refractivity contribution in [1.82, 2.24) is 5.32 Å². The Hall–Kier alpha value is -0.960. The molecule has 0 radical (unpaired) electrons. The molecular formula is C17H25F2N. The molecule has 0 bridgehead atoms. The first-order chi connectivity index (χ1) is 9.54. The lowest BCUT2D eigenvalue weighted by molar-refractivity contribution is 0.251. The van der Waals surface area contributed by atoms with E-state index in [4.69, 9.17) is 0 Å². The van der Waals surface area contributed by atoms with Gasteiger partial charge < -0.3 is 5.32 Å². The van der Waals surface area contributed by atoms with Gasteiger partial charge in [0.05, 0.1) is 0 Å². The number of hydrogen-bond donors (Lipinski definition) is 1. The van der Waals surface area contributed by atoms with E-state index < -0.39 is 0 Å². The number of benzene rings is 1. The Bertz CT molecular complexity index is 431. The highest BCUT2D eigenvalue weighted by Gasteiger charge is 2.22. The smallest absolute Gasteiger partial charge is 0.127 e. The van der Waals surface area contributed by atoms with Crippen molar-refractivity contribution in [1.29, 1.82) is 0 Å². The first-order valence-electron chi connectivity index (χ1n) is 7.72. The van der Waals surface area contributed by atoms with Crippen LogP contribution in [-0.2, 0) is 6.54 Å². The van der Waals surface area contributed by atoms with Crippen LogP contribution in [-0.4, -0.2) is 6.04 Å². The van der Waals surface area contributed by atoms with Gasteiger partial charge in [-0.25, -0.2) is 8.78 Å². The highest BCUT2D eigenvalue weighted by atomic mass is 19.1. The standard InChI is InChI=1S/C17H25F2N/c1-12(2)8-13-4-3-5-16(9-13)20-11-14-10-15(18)6-7-17(14)19/h6-7,10,12-13,16,20H,3-5,8-9,11H2,1-2H3. The van der Waals surface area contributed by atoms with Crippen LogP contribution in [0.5, 0.6) is 0 Å². The Morgan fingerprint density at radius 1 is 1.25 bits per heavy atom. The van der Waals surface area contributed by atoms with Crippen LogP contribution in [0.15, 0.2) is 18.2 Å². The number of rotatable bonds is 5. The van der Waals surface area contributed by atoms with Gasteiger partial charge in [0.1, 0.15) is 11.6 Å². The van der Waals surface area contributed by atoms with E-state index in [-0.39, 0.29) is 11.6 Å². The number of hydrogen-bond acceptors (Lipinski definition) is 1. The number of halogens is 2. The van der Waals surface area contributed by atoms with E-state index in [9.17, 15) is 8.78 Å². The fourth-order valence-electron chi connectivity index (χ4n) is 3.29. The molecule has 0 aromatic heterocycles. The molecule has 2 unspecified atom stereocenters. The molecule has 112 valence electrons. The quantitative estimate of drug-likeness (QED) is 0.827. The van der Waals surface area contributed by atoms with E-state index >= 15 is 0 Å². The zero-order valence-corrected chi connectivity index (χ0v) is 12.5. The van der Waals surface area contributed by atoms with Crippen LogP contribution in [0, 0.1) is 23.5 Å². The summed E-state index contributed by atoms with van der Waals surface area (Å²) in [6, 6.07) is 4.10. The van der Waals surface area contributed by atoms with Gasteiger partial charge in [-0.2, -0.15) is 0 Å². The third kappa shape index (κ3) is 4.55. The van der Waals surface area contributed by atoms with Crippen LogP contribution >= 0.6 is 0 Å². The van der Waals surface area contributed by atoms with Crippen molar-refractivity contribution in [2.75, 3.05) is 0 Å². The maximum Gasteiger partial charge on any atom is 0.127 e. The summed E-state index contributed by atoms with van der Waals surface area (Å²) < 4.78 is 26.7. The highest BCUT2D eigenvalue weighted by Crippen LogP contribution is 2.29. The van der Waals surface area contributed by atoms with Gasteiger partial charge in [-0.15, -0.1) is 0 Å². The minimum atomic E-state index is -0.371. The first kappa shape index (κ1) is 15.4. The second-order valence-electron chi connectivity index (χ2n) is 6.48. The van der Waals surface area contributed by atoms with Gasteiger partial charge in [-0.05, 0) is 49.3 Å². The lowest BCUT2D eigenvalue weighted by Crippen LogP contribution is -2.34. The molecule has 1 aromatic carbocycles. The van der Waals surface area contributed by atoms with Gasteiger partial charge in [0.25, 0.3) is 0 Å². The fraction of sp³-hybridized carbons (Fsp3) is 0.647. The van der Waals surface area contributed by atoms with E-state index in [0.717, 1.165) is 30.7 Å². The van der Waals surface area contributed by atoms with E-state index in [1.54, 1.807) is 0 Å². The minimum absolute atomic E-state index is 0.326. The van der Waals surface area contributed by atoms with Gasteiger partial charge >= 0.3 is 0 Å². The molecule has 1 fully saturated rings. The average Bonchev–Trinajstić information content (AvgIpc) is 2.39. The van der Waals surface area contributed by atoms with Gasteiger partial charge in [-0.1, -0.05) is 26.7 Å². The molecule has 0 aliphatic heterocycles. The monoisotopic (exact) mass is 281 g/mol. The molecule has 0 saturated heterocycles. The fourth-order valence-corrected chi connectivity index (χ4v) is 3.29. The summed E-state index contributed by atoms with van der Waals surface area (Å²) in [5.74, 6) is 0.816. The summed E-state index contributed by atoms with van der Waals surface area (Å²) >= 11 is 0. The van der Waals surface area contributed by atoms with Gasteiger partial charge in [0.15, 0.2) is 0 Å². The molecule has 0 heterocycles. The molecule has 3 heteroatoms. The Balaban J connectivity index is 1.85. The molecule has 1 nitrogen and oxygen atoms in total. The summed E-state index contributed by atoms with van der Waals surface area (Å²) in [5.41, 5.74) is 0.427. The van der Waals surface area contributed by atoms with Crippen LogP contribution in [0.3, 0.4) is 0 Å². The summed E-state index contributed by atoms with van der Waals surface area (Å²) in [4.78, 5) is 0. The predicted octanol–water partition coefficient (Wildman–Crippen LogP) is 4.66. The zero-order chi connectivity index (χ0) is 14.5. The van der Waals surface area contributed by atoms with Crippen molar-refractivity contribution >= 4 is 0 Å². The van der Waals surface area contributed by atoms with Crippen LogP contribution < -0.4 is 5.32 Å². The summed E-state index contributed by atoms with van der Waals surface area (Å²) in [7, 11) is 0. The van der Waals surface area contributed by atoms with Crippen LogP contribution in [0.2, 0.25) is 0 Å². The Labute approximate surface area is 120 Å². The maximum atomic E-state index is 13.6. The molecular weight excluding hydrogens is 256 g/mol. The van der Waals surface area contributed by atoms with Crippen molar-refractivity contribution in [3.05, 3.63) is 35.4 Å². The van der Waals surface area contributed by atoms with Gasteiger partial charge in [-0.3, -0.25) is 0 Å². The van der Waals surface area contributed by atoms with Crippen LogP contribution in [0.25, 0.3) is 0 Å². The molecule has 1 saturated carbocycles. The van der Waals surface area contributed by atoms with E-state index in [0.29, 0.717) is 18.2 Å². The van der Waals surface area contributed by atoms with Gasteiger partial charge in [0, 0.05) is 18.2 Å². The molecule has 1 aliphatic rings. The minimum Gasteiger partial charge on any atom is -0.310 e. The third-order valence-corrected chi connectivity index (χ3v) is 4.18. The Morgan fingerprint density at radius 2 is 2.05 bits per heavy atom. The Kier molecular flexibility index (Phi) is 5.53. The van der Waals surface area contributed by atoms with E-state index in [1.807, 2.05) is 0 Å². The van der Waals surface area contributed by atoms with E-state index in [1.165, 1.54) is 31.4 Å². The lowest BCUT2D eigenvalue weighted by Gasteiger charge is -2.31. The van der Waals surface area contributed by atoms with Crippen molar-refractivity contribution < 1.29 is 8.78 Å². The lowest BCUT2D eigenvalue weighted by atomic mass is 9.81. The molecule has 2 atom stereocenters. The highest BCUT2D eigenvalue weighted by molar-refractivity contribution is 5.18. The first-order valence-corrected chi connectivity index (χ1v) is 7.72. The van der Waals surface area contributed by atoms with Gasteiger partial charge in [0.2, 0.25) is 0 Å². The van der Waals surface area contributed by atoms with Crippen molar-refractivity contribution in [3.8, 4) is 0 Å². The molecule has 1 aromatic rings. The van der Waals surface area contributed by atoms with Crippen LogP contribution in [0.4, 0.5) is 8.78 Å². The topological polar surface area (TPSA) is 12.0 Å². The summed E-state index contributed by atoms with van der Waals surface area (Å²) in [6.45, 7) is 4.95. The van der Waals surface area contributed by atoms with Crippen molar-refractivity contribution in [3.63, 3.8) is 0 Å². The average molecular weight is 281 g/mol. The molecule has 2 rings (SSSR count). The maximum absolute atomic E-state index is 13.6. The molecule has 20 heavy (non-hydrogen) atoms. The molecule has 0 spiro atoms. The molecule has 1 N–H and O–H groups in total. The SMILES string of the molecule is CC(C)CC1CCCC(NCc2cc(F)ccc2F)C1. The molecule has 0 amide bonds. The number of nitrogens with one attached hydrogen (secondary N) is 1. The van der Waals surface area contributed by atoms with Crippen molar-refractivity contribution in [2.45, 2.75) is 58.5 Å². The summed E-state index contributed by atoms with van der Waals surface area (Å²) in [5, 5.41) is 3.40. The summed E-state index contributed by atoms with van der Waals surface area (Å²) in [6.07, 6.45) is 6.12. The largest absolute Gasteiger partial charge is 0.310 e. The van der Waals surface area contributed by atoms with Crippen LogP contribution in [0.1, 0.15) is 51.5 Å². The third-order valence-electron chi connectivity index (χ3n) is 4.18. The second-order valence-corrected chi connectivity index (χ2v) is 6.48. The predicted molar refractivity (Wildman–Crippen MR) is 78.4 cm³/mol. The zero-order valence-electron chi connectivity index (χ0n) is 12.5.